The first-order valence-electron chi connectivity index (χ1n) is 11.7. The molecule has 1 N–H and O–H groups in total. The number of hydrogen-bond acceptors (Lipinski definition) is 6. The van der Waals surface area contributed by atoms with Crippen molar-refractivity contribution in [3.8, 4) is 11.3 Å². The molecule has 0 amide bonds. The predicted octanol–water partition coefficient (Wildman–Crippen LogP) is 0.547. The highest BCUT2D eigenvalue weighted by Crippen LogP contribution is 2.34. The number of aliphatic carboxylic acids is 1. The lowest BCUT2D eigenvalue weighted by molar-refractivity contribution is -2.00. The van der Waals surface area contributed by atoms with Gasteiger partial charge in [0.25, 0.3) is 0 Å². The fourth-order valence-electron chi connectivity index (χ4n) is 4.36. The molecule has 3 aromatic carbocycles. The van der Waals surface area contributed by atoms with Gasteiger partial charge in [0.1, 0.15) is 6.61 Å². The highest BCUT2D eigenvalue weighted by atomic mass is 35.7. The van der Waals surface area contributed by atoms with Gasteiger partial charge in [-0.25, -0.2) is 23.4 Å². The SMILES string of the molecule is Cc1cc(C)[n+](CCOC(C(=O)O)(c2ccccc2)c2ccccc2)c(-c2ccccc2)c1.[O-][Cl+3]([O-])([O-])[O-]. The number of aromatic nitrogens is 1. The van der Waals surface area contributed by atoms with Gasteiger partial charge in [0.15, 0.2) is 12.2 Å². The molecule has 198 valence electrons. The van der Waals surface area contributed by atoms with Crippen molar-refractivity contribution in [3.63, 3.8) is 0 Å². The number of ether oxygens (including phenoxy) is 1. The highest BCUT2D eigenvalue weighted by Gasteiger charge is 2.44. The van der Waals surface area contributed by atoms with Crippen LogP contribution < -0.4 is 23.2 Å². The van der Waals surface area contributed by atoms with Gasteiger partial charge in [-0.15, -0.1) is 10.2 Å². The summed E-state index contributed by atoms with van der Waals surface area (Å²) >= 11 is 0. The van der Waals surface area contributed by atoms with E-state index in [1.807, 2.05) is 54.6 Å². The second-order valence-electron chi connectivity index (χ2n) is 8.52. The summed E-state index contributed by atoms with van der Waals surface area (Å²) in [4.78, 5) is 12.7. The lowest BCUT2D eigenvalue weighted by Gasteiger charge is -2.30. The molecule has 4 aromatic rings. The minimum atomic E-state index is -4.94. The summed E-state index contributed by atoms with van der Waals surface area (Å²) in [6.45, 7) is 4.90. The molecule has 9 heteroatoms. The van der Waals surface area contributed by atoms with Gasteiger partial charge < -0.3 is 9.84 Å². The van der Waals surface area contributed by atoms with E-state index in [2.05, 4.69) is 42.7 Å². The van der Waals surface area contributed by atoms with Gasteiger partial charge in [-0.1, -0.05) is 78.9 Å². The monoisotopic (exact) mass is 537 g/mol. The lowest BCUT2D eigenvalue weighted by atomic mass is 9.86. The number of rotatable bonds is 8. The average molecular weight is 538 g/mol. The fourth-order valence-corrected chi connectivity index (χ4v) is 4.36. The largest absolute Gasteiger partial charge is 0.479 e. The van der Waals surface area contributed by atoms with E-state index in [1.165, 1.54) is 5.56 Å². The van der Waals surface area contributed by atoms with Gasteiger partial charge in [0.05, 0.1) is 0 Å². The van der Waals surface area contributed by atoms with Crippen LogP contribution in [0.2, 0.25) is 0 Å². The Balaban J connectivity index is 0.000000732. The van der Waals surface area contributed by atoms with Gasteiger partial charge in [0.2, 0.25) is 11.3 Å². The molecule has 0 radical (unpaired) electrons. The molecule has 0 aliphatic rings. The summed E-state index contributed by atoms with van der Waals surface area (Å²) in [7, 11) is -4.94. The number of carboxylic acids is 1. The van der Waals surface area contributed by atoms with Crippen LogP contribution in [0.1, 0.15) is 22.4 Å². The Morgan fingerprint density at radius 3 is 1.71 bits per heavy atom. The van der Waals surface area contributed by atoms with Gasteiger partial charge in [0, 0.05) is 24.6 Å². The average Bonchev–Trinajstić information content (AvgIpc) is 2.88. The van der Waals surface area contributed by atoms with Crippen LogP contribution in [0.15, 0.2) is 103 Å². The highest BCUT2D eigenvalue weighted by molar-refractivity contribution is 5.84. The molecule has 0 saturated carbocycles. The second kappa shape index (κ2) is 12.7. The van der Waals surface area contributed by atoms with Crippen LogP contribution in [-0.4, -0.2) is 17.7 Å². The van der Waals surface area contributed by atoms with Crippen molar-refractivity contribution in [2.24, 2.45) is 0 Å². The van der Waals surface area contributed by atoms with E-state index in [0.717, 1.165) is 17.0 Å². The maximum atomic E-state index is 12.7. The smallest absolute Gasteiger partial charge is 0.345 e. The summed E-state index contributed by atoms with van der Waals surface area (Å²) in [6.07, 6.45) is 0. The van der Waals surface area contributed by atoms with Crippen molar-refractivity contribution in [1.82, 2.24) is 0 Å². The molecule has 0 unspecified atom stereocenters. The third-order valence-electron chi connectivity index (χ3n) is 5.88. The fraction of sp³-hybridized carbons (Fsp3) is 0.172. The van der Waals surface area contributed by atoms with Crippen molar-refractivity contribution in [3.05, 3.63) is 126 Å². The van der Waals surface area contributed by atoms with Crippen molar-refractivity contribution >= 4 is 5.97 Å². The Bertz CT molecular complexity index is 1280. The predicted molar refractivity (Wildman–Crippen MR) is 129 cm³/mol. The quantitative estimate of drug-likeness (QED) is 0.323. The number of nitrogens with zero attached hydrogens (tertiary/aromatic N) is 1. The Morgan fingerprint density at radius 2 is 1.26 bits per heavy atom. The van der Waals surface area contributed by atoms with Crippen LogP contribution in [-0.2, 0) is 21.7 Å². The van der Waals surface area contributed by atoms with Crippen LogP contribution in [0.25, 0.3) is 11.3 Å². The third-order valence-corrected chi connectivity index (χ3v) is 5.88. The summed E-state index contributed by atoms with van der Waals surface area (Å²) in [5.74, 6) is -1.03. The molecule has 0 fully saturated rings. The van der Waals surface area contributed by atoms with Crippen molar-refractivity contribution in [1.29, 1.82) is 0 Å². The number of carbonyl (C=O) groups is 1. The molecule has 0 bridgehead atoms. The van der Waals surface area contributed by atoms with Crippen LogP contribution in [0, 0.1) is 24.1 Å². The van der Waals surface area contributed by atoms with Gasteiger partial charge >= 0.3 is 5.97 Å². The molecular formula is C29H28ClNO7. The number of aryl methyl sites for hydroxylation is 2. The van der Waals surface area contributed by atoms with Crippen LogP contribution in [0.3, 0.4) is 0 Å². The van der Waals surface area contributed by atoms with E-state index < -0.39 is 21.8 Å². The van der Waals surface area contributed by atoms with Gasteiger partial charge in [-0.2, -0.15) is 4.57 Å². The molecule has 1 heterocycles. The zero-order valence-corrected chi connectivity index (χ0v) is 21.7. The zero-order chi connectivity index (χ0) is 27.8. The summed E-state index contributed by atoms with van der Waals surface area (Å²) < 4.78 is 42.5. The molecule has 0 saturated heterocycles. The van der Waals surface area contributed by atoms with Crippen molar-refractivity contribution in [2.75, 3.05) is 6.61 Å². The van der Waals surface area contributed by atoms with E-state index in [1.54, 1.807) is 24.3 Å². The Labute approximate surface area is 223 Å². The van der Waals surface area contributed by atoms with E-state index in [9.17, 15) is 9.90 Å². The molecule has 4 rings (SSSR count). The summed E-state index contributed by atoms with van der Waals surface area (Å²) in [6, 6.07) is 32.8. The number of pyridine rings is 1. The lowest BCUT2D eigenvalue weighted by Crippen LogP contribution is -2.68. The number of hydrogen-bond donors (Lipinski definition) is 1. The molecular weight excluding hydrogens is 510 g/mol. The minimum Gasteiger partial charge on any atom is -0.479 e. The molecule has 8 nitrogen and oxygen atoms in total. The molecule has 0 atom stereocenters. The standard InChI is InChI=1S/C29H27NO3.ClHO4/c1-22-20-23(2)30(27(21-22)24-12-6-3-7-13-24)18-19-33-29(28(31)32,25-14-8-4-9-15-25)26-16-10-5-11-17-26;2-1(3,4)5/h3-17,20-21H,18-19H2,1-2H3;(H,2,3,4,5). The van der Waals surface area contributed by atoms with E-state index in [0.29, 0.717) is 17.7 Å². The maximum Gasteiger partial charge on any atom is 0.345 e. The number of benzene rings is 3. The molecule has 1 aromatic heterocycles. The van der Waals surface area contributed by atoms with Gasteiger partial charge in [-0.05, 0) is 35.7 Å². The molecule has 0 aliphatic heterocycles. The normalized spacial score (nSPS) is 11.4. The Kier molecular flexibility index (Phi) is 9.71. The van der Waals surface area contributed by atoms with Gasteiger partial charge in [-0.3, -0.25) is 0 Å². The van der Waals surface area contributed by atoms with Crippen LogP contribution in [0.4, 0.5) is 0 Å². The molecule has 0 spiro atoms. The summed E-state index contributed by atoms with van der Waals surface area (Å²) in [5, 5.41) is 10.4. The zero-order valence-electron chi connectivity index (χ0n) is 21.0. The first-order chi connectivity index (χ1) is 18.0. The van der Waals surface area contributed by atoms with Crippen LogP contribution >= 0.6 is 0 Å². The van der Waals surface area contributed by atoms with E-state index in [-0.39, 0.29) is 6.61 Å². The van der Waals surface area contributed by atoms with E-state index >= 15 is 0 Å². The Hall–Kier alpha value is -3.63. The first-order valence-corrected chi connectivity index (χ1v) is 12.9. The molecule has 38 heavy (non-hydrogen) atoms. The Morgan fingerprint density at radius 1 is 0.816 bits per heavy atom. The van der Waals surface area contributed by atoms with E-state index in [4.69, 9.17) is 23.4 Å². The van der Waals surface area contributed by atoms with Crippen LogP contribution in [0.5, 0.6) is 0 Å². The topological polar surface area (TPSA) is 143 Å². The summed E-state index contributed by atoms with van der Waals surface area (Å²) in [5.41, 5.74) is 4.07. The minimum absolute atomic E-state index is 0.227. The number of halogens is 1. The third kappa shape index (κ3) is 7.45. The van der Waals surface area contributed by atoms with Crippen molar-refractivity contribution in [2.45, 2.75) is 26.0 Å². The maximum absolute atomic E-state index is 12.7. The number of carboxylic acid groups (broad SMARTS) is 1. The van der Waals surface area contributed by atoms with Crippen molar-refractivity contribution < 1.29 is 48.1 Å². The molecule has 0 aliphatic carbocycles. The first kappa shape index (κ1) is 28.9. The second-order valence-corrected chi connectivity index (χ2v) is 9.28.